The van der Waals surface area contributed by atoms with Crippen LogP contribution in [0.5, 0.6) is 5.75 Å². The molecule has 0 saturated heterocycles. The first kappa shape index (κ1) is 36.7. The molecule has 0 atom stereocenters. The van der Waals surface area contributed by atoms with E-state index in [1.807, 2.05) is 6.07 Å². The van der Waals surface area contributed by atoms with Gasteiger partial charge in [0.15, 0.2) is 5.88 Å². The highest BCUT2D eigenvalue weighted by Gasteiger charge is 2.27. The lowest BCUT2D eigenvalue weighted by Gasteiger charge is -2.30. The number of ether oxygens (including phenoxy) is 3. The van der Waals surface area contributed by atoms with Crippen LogP contribution in [0.25, 0.3) is 0 Å². The molecule has 2 rings (SSSR count). The number of benzene rings is 2. The largest absolute Gasteiger partial charge is 0.493 e. The zero-order valence-corrected chi connectivity index (χ0v) is 28.9. The van der Waals surface area contributed by atoms with Crippen molar-refractivity contribution in [1.82, 2.24) is 4.72 Å². The van der Waals surface area contributed by atoms with Gasteiger partial charge in [0.25, 0.3) is 0 Å². The van der Waals surface area contributed by atoms with Crippen LogP contribution in [-0.2, 0) is 35.1 Å². The molecule has 0 saturated carbocycles. The Labute approximate surface area is 267 Å². The highest BCUT2D eigenvalue weighted by Crippen LogP contribution is 2.38. The maximum Gasteiger partial charge on any atom is 0.336 e. The number of nitrogens with one attached hydrogen (secondary N) is 2. The summed E-state index contributed by atoms with van der Waals surface area (Å²) < 4.78 is 45.2. The highest BCUT2D eigenvalue weighted by atomic mass is 35.5. The van der Waals surface area contributed by atoms with Crippen LogP contribution >= 0.6 is 23.2 Å². The van der Waals surface area contributed by atoms with Crippen LogP contribution in [0.2, 0.25) is 10.0 Å². The van der Waals surface area contributed by atoms with Crippen molar-refractivity contribution in [2.45, 2.75) is 90.4 Å². The molecule has 0 aliphatic heterocycles. The summed E-state index contributed by atoms with van der Waals surface area (Å²) >= 11 is 12.7. The third-order valence-corrected chi connectivity index (χ3v) is 9.77. The highest BCUT2D eigenvalue weighted by molar-refractivity contribution is 7.89. The van der Waals surface area contributed by atoms with Gasteiger partial charge < -0.3 is 19.5 Å². The lowest BCUT2D eigenvalue weighted by molar-refractivity contribution is -0.137. The van der Waals surface area contributed by atoms with Gasteiger partial charge in [-0.25, -0.2) is 17.9 Å². The lowest BCUT2D eigenvalue weighted by atomic mass is 9.76. The Morgan fingerprint density at radius 3 is 2.16 bits per heavy atom. The standard InChI is InChI=1S/C32H46Cl2N2O6S/c1-9-31(5,6)22-14-15-27(23(18-22)32(7,8)10-2)42-17-13-16-35-43(38,39)28-20-24(33)26(19-25(28)34)36-29(40-11-3)21-30(37)41-12-4/h14-15,18-21,35-36H,9-13,16-17H2,1-8H3/b29-21-. The molecule has 0 radical (unpaired) electrons. The first-order valence-corrected chi connectivity index (χ1v) is 16.9. The van der Waals surface area contributed by atoms with Crippen molar-refractivity contribution in [3.8, 4) is 5.75 Å². The summed E-state index contributed by atoms with van der Waals surface area (Å²) in [6.45, 7) is 17.6. The number of carbonyl (C=O) groups excluding carboxylic acids is 1. The molecule has 0 spiro atoms. The second kappa shape index (κ2) is 16.0. The number of anilines is 1. The quantitative estimate of drug-likeness (QED) is 0.0770. The molecule has 0 fully saturated rings. The third-order valence-electron chi connectivity index (χ3n) is 7.53. The maximum atomic E-state index is 13.1. The molecule has 240 valence electrons. The Hall–Kier alpha value is -2.46. The smallest absolute Gasteiger partial charge is 0.336 e. The summed E-state index contributed by atoms with van der Waals surface area (Å²) in [7, 11) is -3.97. The number of sulfonamides is 1. The van der Waals surface area contributed by atoms with Crippen molar-refractivity contribution in [2.24, 2.45) is 0 Å². The number of hydrogen-bond acceptors (Lipinski definition) is 7. The maximum absolute atomic E-state index is 13.1. The minimum absolute atomic E-state index is 0.0517. The van der Waals surface area contributed by atoms with Crippen LogP contribution in [0.4, 0.5) is 5.69 Å². The Balaban J connectivity index is 2.11. The molecule has 0 unspecified atom stereocenters. The average molecular weight is 658 g/mol. The molecule has 0 aromatic heterocycles. The SMILES string of the molecule is CCOC(=O)/C=C(/Nc1cc(Cl)c(S(=O)(=O)NCCCOc2ccc(C(C)(C)CC)cc2C(C)(C)CC)cc1Cl)OCC. The fourth-order valence-electron chi connectivity index (χ4n) is 4.06. The van der Waals surface area contributed by atoms with Crippen molar-refractivity contribution >= 4 is 44.9 Å². The number of esters is 1. The molecule has 2 aromatic rings. The molecule has 43 heavy (non-hydrogen) atoms. The fraction of sp³-hybridized carbons (Fsp3) is 0.531. The summed E-state index contributed by atoms with van der Waals surface area (Å²) in [5, 5.41) is 2.88. The van der Waals surface area contributed by atoms with Crippen molar-refractivity contribution in [1.29, 1.82) is 0 Å². The first-order valence-electron chi connectivity index (χ1n) is 14.7. The van der Waals surface area contributed by atoms with Crippen molar-refractivity contribution in [3.63, 3.8) is 0 Å². The third kappa shape index (κ3) is 10.3. The lowest BCUT2D eigenvalue weighted by Crippen LogP contribution is -2.26. The molecule has 0 aliphatic carbocycles. The normalized spacial score (nSPS) is 12.7. The van der Waals surface area contributed by atoms with E-state index in [4.69, 9.17) is 37.4 Å². The Kier molecular flexibility index (Phi) is 13.7. The zero-order valence-electron chi connectivity index (χ0n) is 26.5. The van der Waals surface area contributed by atoms with Gasteiger partial charge in [-0.05, 0) is 67.7 Å². The molecule has 0 amide bonds. The van der Waals surface area contributed by atoms with E-state index < -0.39 is 16.0 Å². The van der Waals surface area contributed by atoms with Crippen LogP contribution in [0.1, 0.15) is 85.8 Å². The summed E-state index contributed by atoms with van der Waals surface area (Å²) in [5.41, 5.74) is 2.66. The molecule has 0 bridgehead atoms. The van der Waals surface area contributed by atoms with Crippen LogP contribution in [-0.4, -0.2) is 40.8 Å². The first-order chi connectivity index (χ1) is 20.1. The zero-order chi connectivity index (χ0) is 32.4. The molecular formula is C32H46Cl2N2O6S. The van der Waals surface area contributed by atoms with E-state index in [1.165, 1.54) is 17.7 Å². The second-order valence-corrected chi connectivity index (χ2v) is 13.9. The molecule has 2 aromatic carbocycles. The van der Waals surface area contributed by atoms with Gasteiger partial charge in [0.1, 0.15) is 10.6 Å². The summed E-state index contributed by atoms with van der Waals surface area (Å²) in [5.74, 6) is 0.296. The summed E-state index contributed by atoms with van der Waals surface area (Å²) in [4.78, 5) is 11.7. The van der Waals surface area contributed by atoms with Crippen molar-refractivity contribution in [2.75, 3.05) is 31.7 Å². The number of hydrogen-bond donors (Lipinski definition) is 2. The van der Waals surface area contributed by atoms with Gasteiger partial charge in [-0.2, -0.15) is 0 Å². The van der Waals surface area contributed by atoms with Gasteiger partial charge >= 0.3 is 5.97 Å². The Bertz CT molecular complexity index is 1390. The second-order valence-electron chi connectivity index (χ2n) is 11.4. The van der Waals surface area contributed by atoms with E-state index in [1.54, 1.807) is 13.8 Å². The van der Waals surface area contributed by atoms with Gasteiger partial charge in [0.2, 0.25) is 10.0 Å². The molecule has 0 aliphatic rings. The van der Waals surface area contributed by atoms with Crippen LogP contribution in [0.15, 0.2) is 47.2 Å². The summed E-state index contributed by atoms with van der Waals surface area (Å²) in [6.07, 6.45) is 3.55. The number of rotatable bonds is 17. The molecular weight excluding hydrogens is 611 g/mol. The van der Waals surface area contributed by atoms with E-state index in [-0.39, 0.29) is 57.1 Å². The minimum atomic E-state index is -3.97. The van der Waals surface area contributed by atoms with E-state index in [0.29, 0.717) is 13.0 Å². The average Bonchev–Trinajstić information content (AvgIpc) is 2.94. The molecule has 0 heterocycles. The van der Waals surface area contributed by atoms with Crippen molar-refractivity contribution < 1.29 is 27.4 Å². The Morgan fingerprint density at radius 1 is 0.907 bits per heavy atom. The fourth-order valence-corrected chi connectivity index (χ4v) is 5.96. The summed E-state index contributed by atoms with van der Waals surface area (Å²) in [6, 6.07) is 9.00. The predicted octanol–water partition coefficient (Wildman–Crippen LogP) is 7.97. The Morgan fingerprint density at radius 2 is 1.56 bits per heavy atom. The predicted molar refractivity (Wildman–Crippen MR) is 175 cm³/mol. The van der Waals surface area contributed by atoms with E-state index in [2.05, 4.69) is 63.7 Å². The van der Waals surface area contributed by atoms with E-state index >= 15 is 0 Å². The number of halogens is 2. The van der Waals surface area contributed by atoms with Gasteiger partial charge in [0, 0.05) is 12.1 Å². The van der Waals surface area contributed by atoms with Gasteiger partial charge in [0.05, 0.1) is 41.6 Å². The molecule has 11 heteroatoms. The van der Waals surface area contributed by atoms with Gasteiger partial charge in [-0.15, -0.1) is 0 Å². The monoisotopic (exact) mass is 656 g/mol. The topological polar surface area (TPSA) is 103 Å². The van der Waals surface area contributed by atoms with E-state index in [9.17, 15) is 13.2 Å². The van der Waals surface area contributed by atoms with Crippen LogP contribution < -0.4 is 14.8 Å². The van der Waals surface area contributed by atoms with Crippen LogP contribution in [0, 0.1) is 0 Å². The van der Waals surface area contributed by atoms with E-state index in [0.717, 1.165) is 30.2 Å². The van der Waals surface area contributed by atoms with Crippen molar-refractivity contribution in [3.05, 3.63) is 63.5 Å². The van der Waals surface area contributed by atoms with Gasteiger partial charge in [-0.1, -0.05) is 76.9 Å². The number of carbonyl (C=O) groups is 1. The molecule has 8 nitrogen and oxygen atoms in total. The molecule has 2 N–H and O–H groups in total. The minimum Gasteiger partial charge on any atom is -0.493 e. The van der Waals surface area contributed by atoms with Crippen LogP contribution in [0.3, 0.4) is 0 Å². The van der Waals surface area contributed by atoms with Gasteiger partial charge in [-0.3, -0.25) is 0 Å².